The summed E-state index contributed by atoms with van der Waals surface area (Å²) in [6, 6.07) is 8.93. The second-order valence-electron chi connectivity index (χ2n) is 8.50. The third-order valence-corrected chi connectivity index (χ3v) is 6.52. The monoisotopic (exact) mass is 376 g/mol. The molecule has 3 heteroatoms. The third kappa shape index (κ3) is 6.14. The van der Waals surface area contributed by atoms with E-state index in [2.05, 4.69) is 31.2 Å². The zero-order chi connectivity index (χ0) is 19.1. The van der Waals surface area contributed by atoms with Crippen LogP contribution in [0.15, 0.2) is 36.4 Å². The molecule has 3 rings (SSSR count). The van der Waals surface area contributed by atoms with Crippen LogP contribution in [0.1, 0.15) is 94.3 Å². The number of halogens is 2. The van der Waals surface area contributed by atoms with Crippen molar-refractivity contribution < 1.29 is 13.5 Å². The first-order chi connectivity index (χ1) is 13.2. The average Bonchev–Trinajstić information content (AvgIpc) is 2.69. The number of hydrogen-bond donors (Lipinski definition) is 0. The van der Waals surface area contributed by atoms with Crippen LogP contribution >= 0.6 is 0 Å². The maximum absolute atomic E-state index is 12.4. The minimum absolute atomic E-state index is 0.0562. The summed E-state index contributed by atoms with van der Waals surface area (Å²) in [4.78, 5) is 0. The highest BCUT2D eigenvalue weighted by Crippen LogP contribution is 2.39. The van der Waals surface area contributed by atoms with Crippen molar-refractivity contribution in [2.75, 3.05) is 6.61 Å². The van der Waals surface area contributed by atoms with Crippen molar-refractivity contribution in [2.24, 2.45) is 11.8 Å². The molecular weight excluding hydrogens is 342 g/mol. The summed E-state index contributed by atoms with van der Waals surface area (Å²) in [7, 11) is 0. The first-order valence-corrected chi connectivity index (χ1v) is 10.9. The van der Waals surface area contributed by atoms with E-state index in [1.54, 1.807) is 0 Å². The lowest BCUT2D eigenvalue weighted by Gasteiger charge is -2.30. The van der Waals surface area contributed by atoms with Gasteiger partial charge in [-0.05, 0) is 67.6 Å². The second kappa shape index (κ2) is 10.4. The van der Waals surface area contributed by atoms with Gasteiger partial charge < -0.3 is 4.74 Å². The van der Waals surface area contributed by atoms with Gasteiger partial charge in [0.1, 0.15) is 0 Å². The van der Waals surface area contributed by atoms with E-state index in [1.807, 2.05) is 0 Å². The third-order valence-electron chi connectivity index (χ3n) is 6.52. The normalized spacial score (nSPS) is 28.7. The van der Waals surface area contributed by atoms with Crippen LogP contribution in [-0.4, -0.2) is 6.61 Å². The molecular formula is C24H34F2O. The maximum Gasteiger partial charge on any atom is 0.266 e. The smallest absolute Gasteiger partial charge is 0.266 e. The van der Waals surface area contributed by atoms with Crippen LogP contribution in [0.5, 0.6) is 0 Å². The fourth-order valence-corrected chi connectivity index (χ4v) is 4.79. The first kappa shape index (κ1) is 20.5. The molecule has 2 fully saturated rings. The fraction of sp³-hybridized carbons (Fsp3) is 0.667. The van der Waals surface area contributed by atoms with Crippen molar-refractivity contribution in [2.45, 2.75) is 83.2 Å². The Bertz CT molecular complexity index is 575. The molecule has 0 N–H and O–H groups in total. The Morgan fingerprint density at radius 3 is 2.26 bits per heavy atom. The molecule has 1 heterocycles. The van der Waals surface area contributed by atoms with Gasteiger partial charge in [-0.1, -0.05) is 56.9 Å². The summed E-state index contributed by atoms with van der Waals surface area (Å²) in [5.74, 6) is 1.51. The van der Waals surface area contributed by atoms with Gasteiger partial charge in [0.25, 0.3) is 6.08 Å². The molecule has 27 heavy (non-hydrogen) atoms. The summed E-state index contributed by atoms with van der Waals surface area (Å²) < 4.78 is 30.6. The van der Waals surface area contributed by atoms with Gasteiger partial charge in [-0.3, -0.25) is 0 Å². The largest absolute Gasteiger partial charge is 0.373 e. The molecule has 0 spiro atoms. The summed E-state index contributed by atoms with van der Waals surface area (Å²) in [6.07, 6.45) is 12.0. The van der Waals surface area contributed by atoms with E-state index < -0.39 is 6.08 Å². The Morgan fingerprint density at radius 2 is 1.67 bits per heavy atom. The molecule has 150 valence electrons. The van der Waals surface area contributed by atoms with E-state index in [1.165, 1.54) is 62.5 Å². The van der Waals surface area contributed by atoms with Crippen LogP contribution in [0.4, 0.5) is 8.78 Å². The molecule has 1 nitrogen and oxygen atoms in total. The Labute approximate surface area is 163 Å². The van der Waals surface area contributed by atoms with Gasteiger partial charge in [-0.15, -0.1) is 0 Å². The molecule has 1 aromatic carbocycles. The first-order valence-electron chi connectivity index (χ1n) is 10.9. The topological polar surface area (TPSA) is 9.23 Å². The van der Waals surface area contributed by atoms with Crippen LogP contribution in [0.25, 0.3) is 0 Å². The van der Waals surface area contributed by atoms with Gasteiger partial charge in [0.05, 0.1) is 12.7 Å². The average molecular weight is 377 g/mol. The molecule has 2 aliphatic rings. The highest BCUT2D eigenvalue weighted by atomic mass is 19.3. The zero-order valence-corrected chi connectivity index (χ0v) is 16.6. The van der Waals surface area contributed by atoms with E-state index in [0.29, 0.717) is 12.5 Å². The summed E-state index contributed by atoms with van der Waals surface area (Å²) >= 11 is 0. The van der Waals surface area contributed by atoms with Gasteiger partial charge in [0, 0.05) is 5.92 Å². The molecule has 2 atom stereocenters. The van der Waals surface area contributed by atoms with Crippen molar-refractivity contribution in [1.82, 2.24) is 0 Å². The van der Waals surface area contributed by atoms with Crippen molar-refractivity contribution >= 4 is 0 Å². The molecule has 1 saturated heterocycles. The van der Waals surface area contributed by atoms with Crippen LogP contribution in [-0.2, 0) is 4.74 Å². The lowest BCUT2D eigenvalue weighted by molar-refractivity contribution is -0.00607. The van der Waals surface area contributed by atoms with Gasteiger partial charge in [-0.25, -0.2) is 0 Å². The number of benzene rings is 1. The molecule has 1 aliphatic heterocycles. The highest BCUT2D eigenvalue weighted by Gasteiger charge is 2.24. The van der Waals surface area contributed by atoms with Crippen LogP contribution in [0, 0.1) is 11.8 Å². The van der Waals surface area contributed by atoms with Crippen LogP contribution < -0.4 is 0 Å². The lowest BCUT2D eigenvalue weighted by Crippen LogP contribution is -2.19. The lowest BCUT2D eigenvalue weighted by atomic mass is 9.77. The Balaban J connectivity index is 1.46. The van der Waals surface area contributed by atoms with Crippen molar-refractivity contribution in [3.63, 3.8) is 0 Å². The quantitative estimate of drug-likeness (QED) is 0.441. The number of ether oxygens (including phenoxy) is 1. The Morgan fingerprint density at radius 1 is 0.963 bits per heavy atom. The van der Waals surface area contributed by atoms with E-state index in [0.717, 1.165) is 24.8 Å². The molecule has 2 unspecified atom stereocenters. The Kier molecular flexibility index (Phi) is 7.87. The zero-order valence-electron chi connectivity index (χ0n) is 16.6. The molecule has 0 bridgehead atoms. The van der Waals surface area contributed by atoms with Crippen LogP contribution in [0.2, 0.25) is 0 Å². The number of hydrogen-bond acceptors (Lipinski definition) is 1. The molecule has 0 radical (unpaired) electrons. The summed E-state index contributed by atoms with van der Waals surface area (Å²) in [6.45, 7) is 2.67. The predicted octanol–water partition coefficient (Wildman–Crippen LogP) is 7.79. The standard InChI is InChI=1S/C24H34F2O/c1-2-3-4-5-18-6-9-20(10-7-18)21-11-13-22(14-12-21)23-15-8-19(17-27-23)16-24(25)26/h11-14,16,18-20,23H,2-10,15,17H2,1H3. The molecule has 0 amide bonds. The molecule has 1 aromatic rings. The van der Waals surface area contributed by atoms with E-state index in [-0.39, 0.29) is 12.0 Å². The summed E-state index contributed by atoms with van der Waals surface area (Å²) in [5.41, 5.74) is 2.65. The fourth-order valence-electron chi connectivity index (χ4n) is 4.79. The molecule has 1 saturated carbocycles. The maximum atomic E-state index is 12.4. The van der Waals surface area contributed by atoms with E-state index in [9.17, 15) is 8.78 Å². The second-order valence-corrected chi connectivity index (χ2v) is 8.50. The molecule has 1 aliphatic carbocycles. The number of rotatable bonds is 7. The number of unbranched alkanes of at least 4 members (excludes halogenated alkanes) is 2. The van der Waals surface area contributed by atoms with Crippen molar-refractivity contribution in [3.8, 4) is 0 Å². The van der Waals surface area contributed by atoms with Gasteiger partial charge >= 0.3 is 0 Å². The van der Waals surface area contributed by atoms with Crippen LogP contribution in [0.3, 0.4) is 0 Å². The highest BCUT2D eigenvalue weighted by molar-refractivity contribution is 5.27. The van der Waals surface area contributed by atoms with Gasteiger partial charge in [0.2, 0.25) is 0 Å². The predicted molar refractivity (Wildman–Crippen MR) is 107 cm³/mol. The van der Waals surface area contributed by atoms with E-state index >= 15 is 0 Å². The van der Waals surface area contributed by atoms with Gasteiger partial charge in [-0.2, -0.15) is 8.78 Å². The van der Waals surface area contributed by atoms with Gasteiger partial charge in [0.15, 0.2) is 0 Å². The molecule has 0 aromatic heterocycles. The van der Waals surface area contributed by atoms with Crippen molar-refractivity contribution in [1.29, 1.82) is 0 Å². The minimum atomic E-state index is -1.59. The SMILES string of the molecule is CCCCCC1CCC(c2ccc(C3CCC(C=C(F)F)CO3)cc2)CC1. The minimum Gasteiger partial charge on any atom is -0.373 e. The Hall–Kier alpha value is -1.22. The van der Waals surface area contributed by atoms with E-state index in [4.69, 9.17) is 4.74 Å². The van der Waals surface area contributed by atoms with Crippen molar-refractivity contribution in [3.05, 3.63) is 47.5 Å². The summed E-state index contributed by atoms with van der Waals surface area (Å²) in [5, 5.41) is 0.